The van der Waals surface area contributed by atoms with Crippen molar-refractivity contribution in [1.82, 2.24) is 0 Å². The minimum Gasteiger partial charge on any atom is -0.360 e. The van der Waals surface area contributed by atoms with Crippen molar-refractivity contribution in [2.75, 3.05) is 42.6 Å². The van der Waals surface area contributed by atoms with E-state index in [2.05, 4.69) is 11.8 Å². The van der Waals surface area contributed by atoms with Crippen LogP contribution in [0.1, 0.15) is 15.9 Å². The molecule has 140 valence electrons. The minimum absolute atomic E-state index is 0.403. The normalized spacial score (nSPS) is 17.6. The summed E-state index contributed by atoms with van der Waals surface area (Å²) in [6.07, 6.45) is 0. The van der Waals surface area contributed by atoms with Crippen LogP contribution < -0.4 is 14.7 Å². The molecule has 2 aliphatic rings. The van der Waals surface area contributed by atoms with E-state index in [1.165, 1.54) is 10.5 Å². The first-order valence-electron chi connectivity index (χ1n) is 8.94. The van der Waals surface area contributed by atoms with Gasteiger partial charge in [-0.25, -0.2) is 0 Å². The quantitative estimate of drug-likeness (QED) is 0.797. The van der Waals surface area contributed by atoms with E-state index in [-0.39, 0.29) is 0 Å². The number of rotatable bonds is 3. The van der Waals surface area contributed by atoms with Crippen molar-refractivity contribution in [3.05, 3.63) is 57.6 Å². The molecule has 1 N–H and O–H groups in total. The highest BCUT2D eigenvalue weighted by atomic mass is 35.5. The molecule has 2 aliphatic heterocycles. The number of hydrogen-bond donors (Lipinski definition) is 1. The lowest BCUT2D eigenvalue weighted by Gasteiger charge is -2.35. The van der Waals surface area contributed by atoms with Gasteiger partial charge in [-0.3, -0.25) is 14.5 Å². The number of carbonyl (C=O) groups excluding carboxylic acids is 2. The van der Waals surface area contributed by atoms with Crippen LogP contribution in [0.15, 0.2) is 36.4 Å². The van der Waals surface area contributed by atoms with Crippen LogP contribution in [-0.4, -0.2) is 44.5 Å². The second kappa shape index (κ2) is 7.15. The summed E-state index contributed by atoms with van der Waals surface area (Å²) in [7, 11) is 0. The third kappa shape index (κ3) is 3.43. The Morgan fingerprint density at radius 2 is 1.63 bits per heavy atom. The fourth-order valence-electron chi connectivity index (χ4n) is 3.80. The summed E-state index contributed by atoms with van der Waals surface area (Å²) in [5.41, 5.74) is 3.43. The Morgan fingerprint density at radius 1 is 0.963 bits per heavy atom. The summed E-state index contributed by atoms with van der Waals surface area (Å²) < 4.78 is 0. The van der Waals surface area contributed by atoms with Crippen molar-refractivity contribution < 1.29 is 14.5 Å². The molecule has 0 saturated carbocycles. The van der Waals surface area contributed by atoms with E-state index in [1.54, 1.807) is 23.1 Å². The molecule has 2 aromatic carbocycles. The van der Waals surface area contributed by atoms with Crippen LogP contribution >= 0.6 is 23.2 Å². The van der Waals surface area contributed by atoms with Crippen LogP contribution in [0, 0.1) is 6.92 Å². The molecule has 0 spiro atoms. The fraction of sp³-hybridized carbons (Fsp3) is 0.300. The predicted octanol–water partition coefficient (Wildman–Crippen LogP) is 2.19. The number of carbonyl (C=O) groups is 2. The maximum atomic E-state index is 12.4. The molecule has 5 nitrogen and oxygen atoms in total. The molecule has 0 radical (unpaired) electrons. The van der Waals surface area contributed by atoms with Gasteiger partial charge in [-0.15, -0.1) is 0 Å². The number of halogens is 2. The van der Waals surface area contributed by atoms with Crippen molar-refractivity contribution in [1.29, 1.82) is 0 Å². The van der Waals surface area contributed by atoms with E-state index < -0.39 is 11.7 Å². The van der Waals surface area contributed by atoms with Gasteiger partial charge < -0.3 is 9.80 Å². The van der Waals surface area contributed by atoms with E-state index in [1.807, 2.05) is 18.2 Å². The first-order chi connectivity index (χ1) is 12.9. The van der Waals surface area contributed by atoms with Gasteiger partial charge in [0.25, 0.3) is 5.78 Å². The summed E-state index contributed by atoms with van der Waals surface area (Å²) in [6.45, 7) is 6.09. The van der Waals surface area contributed by atoms with Gasteiger partial charge in [0.2, 0.25) is 0 Å². The number of ketones is 1. The van der Waals surface area contributed by atoms with Crippen LogP contribution in [0.3, 0.4) is 0 Å². The largest absolute Gasteiger partial charge is 0.360 e. The van der Waals surface area contributed by atoms with Gasteiger partial charge in [-0.05, 0) is 42.8 Å². The summed E-state index contributed by atoms with van der Waals surface area (Å²) >= 11 is 12.1. The molecular weight excluding hydrogens is 385 g/mol. The third-order valence-corrected chi connectivity index (χ3v) is 5.77. The van der Waals surface area contributed by atoms with Crippen LogP contribution in [0.2, 0.25) is 10.0 Å². The number of Topliss-reactive ketones (excluding diaryl/α,β-unsaturated/α-hetero) is 1. The van der Waals surface area contributed by atoms with Crippen LogP contribution in [0.4, 0.5) is 11.4 Å². The second-order valence-corrected chi connectivity index (χ2v) is 7.92. The highest BCUT2D eigenvalue weighted by Crippen LogP contribution is 2.30. The number of nitrogens with zero attached hydrogens (tertiary/aromatic N) is 2. The first kappa shape index (κ1) is 18.3. The molecule has 0 unspecified atom stereocenters. The van der Waals surface area contributed by atoms with Crippen molar-refractivity contribution in [3.8, 4) is 0 Å². The number of amides is 1. The Balaban J connectivity index is 1.45. The number of piperazine rings is 1. The maximum Gasteiger partial charge on any atom is 0.303 e. The average molecular weight is 405 g/mol. The van der Waals surface area contributed by atoms with E-state index in [4.69, 9.17) is 23.2 Å². The molecule has 4 rings (SSSR count). The lowest BCUT2D eigenvalue weighted by molar-refractivity contribution is -0.899. The Hall–Kier alpha value is -2.08. The Labute approximate surface area is 168 Å². The smallest absolute Gasteiger partial charge is 0.303 e. The second-order valence-electron chi connectivity index (χ2n) is 7.05. The Bertz CT molecular complexity index is 923. The van der Waals surface area contributed by atoms with Crippen molar-refractivity contribution in [3.63, 3.8) is 0 Å². The molecule has 0 bridgehead atoms. The number of benzene rings is 2. The molecular formula is C20H20Cl2N3O2+. The molecule has 27 heavy (non-hydrogen) atoms. The highest BCUT2D eigenvalue weighted by molar-refractivity contribution is 6.52. The van der Waals surface area contributed by atoms with E-state index >= 15 is 0 Å². The zero-order chi connectivity index (χ0) is 19.1. The summed E-state index contributed by atoms with van der Waals surface area (Å²) in [6, 6.07) is 11.0. The van der Waals surface area contributed by atoms with Gasteiger partial charge in [-0.2, -0.15) is 0 Å². The van der Waals surface area contributed by atoms with Crippen molar-refractivity contribution in [2.24, 2.45) is 0 Å². The van der Waals surface area contributed by atoms with Gasteiger partial charge in [-0.1, -0.05) is 29.3 Å². The summed E-state index contributed by atoms with van der Waals surface area (Å²) in [5, 5.41) is 1.21. The zero-order valence-corrected chi connectivity index (χ0v) is 16.5. The molecule has 2 aromatic rings. The lowest BCUT2D eigenvalue weighted by Crippen LogP contribution is -3.16. The molecule has 0 aliphatic carbocycles. The molecule has 0 atom stereocenters. The Kier molecular flexibility index (Phi) is 4.84. The SMILES string of the molecule is Cc1ccc(Cl)cc1N1CC[NH+](CN2C(=O)C(=O)c3cc(Cl)ccc32)CC1. The highest BCUT2D eigenvalue weighted by Gasteiger charge is 2.38. The fourth-order valence-corrected chi connectivity index (χ4v) is 4.14. The van der Waals surface area contributed by atoms with E-state index in [9.17, 15) is 9.59 Å². The van der Waals surface area contributed by atoms with Gasteiger partial charge in [0.15, 0.2) is 6.67 Å². The number of aryl methyl sites for hydroxylation is 1. The van der Waals surface area contributed by atoms with Crippen LogP contribution in [0.5, 0.6) is 0 Å². The molecule has 2 heterocycles. The number of fused-ring (bicyclic) bond motifs is 1. The zero-order valence-electron chi connectivity index (χ0n) is 15.0. The third-order valence-electron chi connectivity index (χ3n) is 5.30. The monoisotopic (exact) mass is 404 g/mol. The van der Waals surface area contributed by atoms with Crippen molar-refractivity contribution >= 4 is 46.3 Å². The molecule has 1 amide bonds. The van der Waals surface area contributed by atoms with Crippen LogP contribution in [0.25, 0.3) is 0 Å². The lowest BCUT2D eigenvalue weighted by atomic mass is 10.1. The molecule has 1 fully saturated rings. The average Bonchev–Trinajstić information content (AvgIpc) is 2.89. The minimum atomic E-state index is -0.472. The first-order valence-corrected chi connectivity index (χ1v) is 9.70. The topological polar surface area (TPSA) is 45.1 Å². The molecule has 1 saturated heterocycles. The van der Waals surface area contributed by atoms with Crippen LogP contribution in [-0.2, 0) is 4.79 Å². The van der Waals surface area contributed by atoms with Gasteiger partial charge >= 0.3 is 5.91 Å². The van der Waals surface area contributed by atoms with Gasteiger partial charge in [0.1, 0.15) is 0 Å². The molecule has 0 aromatic heterocycles. The number of hydrogen-bond acceptors (Lipinski definition) is 3. The standard InChI is InChI=1S/C20H19Cl2N3O2/c1-13-2-3-15(22)11-18(13)24-8-6-23(7-9-24)12-25-17-5-4-14(21)10-16(17)19(26)20(25)27/h2-5,10-11H,6-9,12H2,1H3/p+1. The maximum absolute atomic E-state index is 12.4. The summed E-state index contributed by atoms with van der Waals surface area (Å²) in [5.74, 6) is -0.937. The number of nitrogens with one attached hydrogen (secondary N) is 1. The van der Waals surface area contributed by atoms with Crippen molar-refractivity contribution in [2.45, 2.75) is 6.92 Å². The molecule has 7 heteroatoms. The van der Waals surface area contributed by atoms with Gasteiger partial charge in [0, 0.05) is 15.7 Å². The van der Waals surface area contributed by atoms with E-state index in [0.717, 1.165) is 36.9 Å². The number of quaternary nitrogens is 1. The van der Waals surface area contributed by atoms with E-state index in [0.29, 0.717) is 22.9 Å². The van der Waals surface area contributed by atoms with Gasteiger partial charge in [0.05, 0.1) is 37.4 Å². The Morgan fingerprint density at radius 3 is 2.37 bits per heavy atom. The predicted molar refractivity (Wildman–Crippen MR) is 107 cm³/mol. The summed E-state index contributed by atoms with van der Waals surface area (Å²) in [4.78, 5) is 29.8. The number of anilines is 2.